The Kier molecular flexibility index (Phi) is 5.15. The summed E-state index contributed by atoms with van der Waals surface area (Å²) < 4.78 is 19.6. The molecule has 1 aliphatic rings. The van der Waals surface area contributed by atoms with Crippen molar-refractivity contribution in [2.24, 2.45) is 0 Å². The number of furan rings is 1. The van der Waals surface area contributed by atoms with E-state index in [0.717, 1.165) is 72.9 Å². The van der Waals surface area contributed by atoms with Crippen LogP contribution in [0.5, 0.6) is 0 Å². The van der Waals surface area contributed by atoms with Crippen molar-refractivity contribution in [2.45, 2.75) is 13.0 Å². The van der Waals surface area contributed by atoms with Crippen molar-refractivity contribution in [3.05, 3.63) is 78.6 Å². The molecule has 0 spiro atoms. The maximum absolute atomic E-state index is 13.6. The lowest BCUT2D eigenvalue weighted by Crippen LogP contribution is -2.31. The summed E-state index contributed by atoms with van der Waals surface area (Å²) in [5.74, 6) is 1.52. The predicted octanol–water partition coefficient (Wildman–Crippen LogP) is 4.74. The average molecular weight is 402 g/mol. The Morgan fingerprint density at radius 3 is 2.60 bits per heavy atom. The number of fused-ring (bicyclic) bond motifs is 1. The lowest BCUT2D eigenvalue weighted by atomic mass is 10.0. The lowest BCUT2D eigenvalue weighted by Gasteiger charge is -2.21. The average Bonchev–Trinajstić information content (AvgIpc) is 3.02. The van der Waals surface area contributed by atoms with E-state index in [9.17, 15) is 4.39 Å². The number of benzene rings is 2. The third-order valence-electron chi connectivity index (χ3n) is 5.53. The van der Waals surface area contributed by atoms with Crippen LogP contribution in [0.4, 0.5) is 10.3 Å². The van der Waals surface area contributed by atoms with Crippen molar-refractivity contribution in [1.29, 1.82) is 0 Å². The molecule has 0 unspecified atom stereocenters. The standard InChI is InChI=1S/C24H23FN4O/c25-21-5-1-4-18(15-21)19-6-7-23-20(14-19)16-22(30-23)17-28-10-3-11-29(13-12-28)24-26-8-2-9-27-24/h1-2,4-9,14-16H,3,10-13,17H2. The van der Waals surface area contributed by atoms with Gasteiger partial charge in [-0.25, -0.2) is 14.4 Å². The molecule has 0 aliphatic carbocycles. The van der Waals surface area contributed by atoms with Crippen LogP contribution in [0.3, 0.4) is 0 Å². The van der Waals surface area contributed by atoms with E-state index in [1.165, 1.54) is 6.07 Å². The predicted molar refractivity (Wildman–Crippen MR) is 116 cm³/mol. The quantitative estimate of drug-likeness (QED) is 0.493. The van der Waals surface area contributed by atoms with Gasteiger partial charge in [0.1, 0.15) is 17.2 Å². The third-order valence-corrected chi connectivity index (χ3v) is 5.53. The number of halogens is 1. The van der Waals surface area contributed by atoms with E-state index in [-0.39, 0.29) is 5.82 Å². The molecule has 1 aliphatic heterocycles. The molecule has 5 rings (SSSR count). The van der Waals surface area contributed by atoms with Gasteiger partial charge < -0.3 is 9.32 Å². The van der Waals surface area contributed by atoms with Gasteiger partial charge in [-0.2, -0.15) is 0 Å². The smallest absolute Gasteiger partial charge is 0.225 e. The largest absolute Gasteiger partial charge is 0.460 e. The minimum absolute atomic E-state index is 0.225. The van der Waals surface area contributed by atoms with Crippen molar-refractivity contribution in [3.63, 3.8) is 0 Å². The van der Waals surface area contributed by atoms with Crippen LogP contribution in [0.15, 0.2) is 71.4 Å². The second kappa shape index (κ2) is 8.24. The summed E-state index contributed by atoms with van der Waals surface area (Å²) in [6.07, 6.45) is 4.64. The Balaban J connectivity index is 1.29. The molecule has 0 bridgehead atoms. The van der Waals surface area contributed by atoms with Gasteiger partial charge in [-0.05, 0) is 53.9 Å². The van der Waals surface area contributed by atoms with Gasteiger partial charge in [-0.1, -0.05) is 18.2 Å². The van der Waals surface area contributed by atoms with E-state index < -0.39 is 0 Å². The Labute approximate surface area is 174 Å². The Bertz CT molecular complexity index is 1140. The molecular weight excluding hydrogens is 379 g/mol. The number of rotatable bonds is 4. The van der Waals surface area contributed by atoms with Crippen LogP contribution in [-0.2, 0) is 6.54 Å². The maximum Gasteiger partial charge on any atom is 0.225 e. The van der Waals surface area contributed by atoms with Gasteiger partial charge in [0, 0.05) is 44.0 Å². The molecule has 3 heterocycles. The van der Waals surface area contributed by atoms with Crippen molar-refractivity contribution in [2.75, 3.05) is 31.1 Å². The molecule has 4 aromatic rings. The van der Waals surface area contributed by atoms with Crippen LogP contribution in [0.25, 0.3) is 22.1 Å². The molecule has 0 saturated carbocycles. The molecule has 2 aromatic carbocycles. The number of nitrogens with zero attached hydrogens (tertiary/aromatic N) is 4. The van der Waals surface area contributed by atoms with Crippen LogP contribution in [-0.4, -0.2) is 41.0 Å². The Morgan fingerprint density at radius 2 is 1.73 bits per heavy atom. The number of anilines is 1. The fraction of sp³-hybridized carbons (Fsp3) is 0.250. The number of hydrogen-bond acceptors (Lipinski definition) is 5. The van der Waals surface area contributed by atoms with Gasteiger partial charge in [-0.3, -0.25) is 4.90 Å². The van der Waals surface area contributed by atoms with Gasteiger partial charge in [0.25, 0.3) is 0 Å². The van der Waals surface area contributed by atoms with Crippen molar-refractivity contribution >= 4 is 16.9 Å². The van der Waals surface area contributed by atoms with Gasteiger partial charge in [0.05, 0.1) is 6.54 Å². The topological polar surface area (TPSA) is 45.4 Å². The summed E-state index contributed by atoms with van der Waals surface area (Å²) in [6, 6.07) is 16.6. The van der Waals surface area contributed by atoms with E-state index in [1.54, 1.807) is 24.5 Å². The fourth-order valence-corrected chi connectivity index (χ4v) is 4.03. The highest BCUT2D eigenvalue weighted by molar-refractivity contribution is 5.84. The van der Waals surface area contributed by atoms with Crippen LogP contribution in [0.1, 0.15) is 12.2 Å². The minimum Gasteiger partial charge on any atom is -0.460 e. The van der Waals surface area contributed by atoms with Gasteiger partial charge in [0.15, 0.2) is 0 Å². The summed E-state index contributed by atoms with van der Waals surface area (Å²) in [6.45, 7) is 4.57. The van der Waals surface area contributed by atoms with Crippen molar-refractivity contribution in [3.8, 4) is 11.1 Å². The fourth-order valence-electron chi connectivity index (χ4n) is 4.03. The molecule has 5 nitrogen and oxygen atoms in total. The normalized spacial score (nSPS) is 15.4. The molecule has 2 aromatic heterocycles. The summed E-state index contributed by atoms with van der Waals surface area (Å²) in [5, 5.41) is 1.04. The second-order valence-electron chi connectivity index (χ2n) is 7.64. The number of aromatic nitrogens is 2. The molecule has 152 valence electrons. The van der Waals surface area contributed by atoms with E-state index in [0.29, 0.717) is 0 Å². The summed E-state index contributed by atoms with van der Waals surface area (Å²) in [7, 11) is 0. The van der Waals surface area contributed by atoms with Crippen LogP contribution < -0.4 is 4.90 Å². The summed E-state index contributed by atoms with van der Waals surface area (Å²) in [5.41, 5.74) is 2.72. The highest BCUT2D eigenvalue weighted by atomic mass is 19.1. The summed E-state index contributed by atoms with van der Waals surface area (Å²) in [4.78, 5) is 13.4. The van der Waals surface area contributed by atoms with E-state index in [4.69, 9.17) is 4.42 Å². The van der Waals surface area contributed by atoms with Crippen LogP contribution in [0.2, 0.25) is 0 Å². The lowest BCUT2D eigenvalue weighted by molar-refractivity contribution is 0.263. The highest BCUT2D eigenvalue weighted by Gasteiger charge is 2.18. The van der Waals surface area contributed by atoms with Gasteiger partial charge >= 0.3 is 0 Å². The zero-order valence-electron chi connectivity index (χ0n) is 16.7. The Morgan fingerprint density at radius 1 is 0.867 bits per heavy atom. The first-order valence-electron chi connectivity index (χ1n) is 10.3. The zero-order chi connectivity index (χ0) is 20.3. The molecule has 1 saturated heterocycles. The maximum atomic E-state index is 13.6. The van der Waals surface area contributed by atoms with E-state index in [1.807, 2.05) is 24.3 Å². The number of hydrogen-bond donors (Lipinski definition) is 0. The van der Waals surface area contributed by atoms with Crippen molar-refractivity contribution in [1.82, 2.24) is 14.9 Å². The molecule has 0 amide bonds. The molecule has 0 atom stereocenters. The molecule has 1 fully saturated rings. The van der Waals surface area contributed by atoms with Gasteiger partial charge in [-0.15, -0.1) is 0 Å². The first-order chi connectivity index (χ1) is 14.7. The van der Waals surface area contributed by atoms with Crippen LogP contribution in [0, 0.1) is 5.82 Å². The Hall–Kier alpha value is -3.25. The van der Waals surface area contributed by atoms with E-state index >= 15 is 0 Å². The highest BCUT2D eigenvalue weighted by Crippen LogP contribution is 2.28. The molecular formula is C24H23FN4O. The zero-order valence-corrected chi connectivity index (χ0v) is 16.7. The third kappa shape index (κ3) is 4.04. The first-order valence-corrected chi connectivity index (χ1v) is 10.3. The minimum atomic E-state index is -0.225. The second-order valence-corrected chi connectivity index (χ2v) is 7.64. The summed E-state index contributed by atoms with van der Waals surface area (Å²) >= 11 is 0. The first kappa shape index (κ1) is 18.8. The van der Waals surface area contributed by atoms with Crippen LogP contribution >= 0.6 is 0 Å². The van der Waals surface area contributed by atoms with E-state index in [2.05, 4.69) is 31.9 Å². The van der Waals surface area contributed by atoms with Crippen molar-refractivity contribution < 1.29 is 8.81 Å². The molecule has 0 N–H and O–H groups in total. The monoisotopic (exact) mass is 402 g/mol. The SMILES string of the molecule is Fc1cccc(-c2ccc3oc(CN4CCCN(c5ncccn5)CC4)cc3c2)c1. The van der Waals surface area contributed by atoms with Gasteiger partial charge in [0.2, 0.25) is 5.95 Å². The molecule has 0 radical (unpaired) electrons. The molecule has 30 heavy (non-hydrogen) atoms. The molecule has 6 heteroatoms.